The molecule has 0 unspecified atom stereocenters. The van der Waals surface area contributed by atoms with Crippen molar-refractivity contribution in [3.05, 3.63) is 93.5 Å². The van der Waals surface area contributed by atoms with Crippen molar-refractivity contribution < 1.29 is 18.7 Å². The van der Waals surface area contributed by atoms with E-state index in [0.29, 0.717) is 47.0 Å². The summed E-state index contributed by atoms with van der Waals surface area (Å²) in [6.07, 6.45) is 5.64. The highest BCUT2D eigenvalue weighted by Gasteiger charge is 2.25. The lowest BCUT2D eigenvalue weighted by Gasteiger charge is -2.31. The number of esters is 1. The first-order valence-corrected chi connectivity index (χ1v) is 16.9. The lowest BCUT2D eigenvalue weighted by molar-refractivity contribution is 0.0464. The first kappa shape index (κ1) is 32.2. The normalized spacial score (nSPS) is 14.4. The number of halogens is 2. The highest BCUT2D eigenvalue weighted by Crippen LogP contribution is 2.32. The van der Waals surface area contributed by atoms with Crippen LogP contribution in [0, 0.1) is 11.7 Å². The van der Waals surface area contributed by atoms with Crippen molar-refractivity contribution in [2.24, 2.45) is 5.92 Å². The third-order valence-corrected chi connectivity index (χ3v) is 9.47. The molecule has 5 heterocycles. The van der Waals surface area contributed by atoms with Gasteiger partial charge in [-0.1, -0.05) is 37.6 Å². The molecule has 0 radical (unpaired) electrons. The molecule has 0 bridgehead atoms. The molecule has 5 aromatic rings. The van der Waals surface area contributed by atoms with E-state index in [1.807, 2.05) is 44.6 Å². The zero-order valence-electron chi connectivity index (χ0n) is 26.3. The fraction of sp³-hybridized carbons (Fsp3) is 0.412. The van der Waals surface area contributed by atoms with Crippen molar-refractivity contribution in [3.63, 3.8) is 0 Å². The van der Waals surface area contributed by atoms with Crippen LogP contribution in [0.1, 0.15) is 72.0 Å². The van der Waals surface area contributed by atoms with Crippen LogP contribution < -0.4 is 4.74 Å². The Bertz CT molecular complexity index is 1810. The maximum absolute atomic E-state index is 14.2. The molecule has 1 fully saturated rings. The second kappa shape index (κ2) is 14.3. The van der Waals surface area contributed by atoms with Gasteiger partial charge < -0.3 is 18.6 Å². The summed E-state index contributed by atoms with van der Waals surface area (Å²) < 4.78 is 29.9. The summed E-state index contributed by atoms with van der Waals surface area (Å²) in [5, 5.41) is 0.355. The van der Waals surface area contributed by atoms with Crippen LogP contribution in [0.5, 0.6) is 5.88 Å². The van der Waals surface area contributed by atoms with Gasteiger partial charge in [-0.05, 0) is 63.0 Å². The number of aromatic nitrogens is 5. The Balaban J connectivity index is 1.13. The average molecular weight is 665 g/mol. The Morgan fingerprint density at radius 3 is 2.72 bits per heavy atom. The van der Waals surface area contributed by atoms with Crippen molar-refractivity contribution in [2.45, 2.75) is 65.8 Å². The number of hydrogen-bond donors (Lipinski definition) is 0. The zero-order valence-corrected chi connectivity index (χ0v) is 27.9. The molecule has 0 amide bonds. The van der Waals surface area contributed by atoms with Crippen molar-refractivity contribution >= 4 is 39.3 Å². The van der Waals surface area contributed by atoms with E-state index in [0.717, 1.165) is 60.0 Å². The van der Waals surface area contributed by atoms with E-state index in [1.54, 1.807) is 18.2 Å². The minimum atomic E-state index is -0.392. The Hall–Kier alpha value is -3.80. The van der Waals surface area contributed by atoms with Gasteiger partial charge in [0.15, 0.2) is 0 Å². The van der Waals surface area contributed by atoms with Crippen molar-refractivity contribution in [1.82, 2.24) is 29.0 Å². The van der Waals surface area contributed by atoms with E-state index in [4.69, 9.17) is 31.0 Å². The molecule has 4 aromatic heterocycles. The van der Waals surface area contributed by atoms with Gasteiger partial charge in [0.1, 0.15) is 28.0 Å². The molecule has 0 atom stereocenters. The van der Waals surface area contributed by atoms with Crippen LogP contribution in [-0.2, 0) is 31.0 Å². The molecule has 0 saturated carbocycles. The Morgan fingerprint density at radius 2 is 1.96 bits per heavy atom. The molecule has 1 saturated heterocycles. The largest absolute Gasteiger partial charge is 0.473 e. The second-order valence-corrected chi connectivity index (χ2v) is 13.5. The summed E-state index contributed by atoms with van der Waals surface area (Å²) >= 11 is 7.26. The minimum absolute atomic E-state index is 0.0850. The number of fused-ring (bicyclic) bond motifs is 1. The summed E-state index contributed by atoms with van der Waals surface area (Å²) in [7, 11) is 0. The van der Waals surface area contributed by atoms with Gasteiger partial charge in [0.25, 0.3) is 0 Å². The summed E-state index contributed by atoms with van der Waals surface area (Å²) in [5.41, 5.74) is 3.45. The van der Waals surface area contributed by atoms with E-state index < -0.39 is 5.82 Å². The first-order chi connectivity index (χ1) is 22.3. The smallest absolute Gasteiger partial charge is 0.348 e. The predicted octanol–water partition coefficient (Wildman–Crippen LogP) is 7.32. The molecule has 12 heteroatoms. The van der Waals surface area contributed by atoms with Crippen LogP contribution in [0.3, 0.4) is 0 Å². The lowest BCUT2D eigenvalue weighted by atomic mass is 9.93. The van der Waals surface area contributed by atoms with Crippen LogP contribution in [-0.4, -0.2) is 54.7 Å². The Morgan fingerprint density at radius 1 is 1.13 bits per heavy atom. The van der Waals surface area contributed by atoms with E-state index in [-0.39, 0.29) is 18.5 Å². The van der Waals surface area contributed by atoms with E-state index >= 15 is 0 Å². The Labute approximate surface area is 277 Å². The molecule has 0 spiro atoms. The van der Waals surface area contributed by atoms with Gasteiger partial charge in [-0.3, -0.25) is 4.90 Å². The highest BCUT2D eigenvalue weighted by molar-refractivity contribution is 7.20. The van der Waals surface area contributed by atoms with Crippen LogP contribution in [0.25, 0.3) is 10.3 Å². The zero-order chi connectivity index (χ0) is 32.2. The van der Waals surface area contributed by atoms with Gasteiger partial charge in [0, 0.05) is 41.0 Å². The molecule has 242 valence electrons. The van der Waals surface area contributed by atoms with Crippen LogP contribution in [0.4, 0.5) is 4.39 Å². The molecule has 1 aliphatic heterocycles. The van der Waals surface area contributed by atoms with Crippen molar-refractivity contribution in [2.75, 3.05) is 19.7 Å². The fourth-order valence-corrected chi connectivity index (χ4v) is 6.82. The summed E-state index contributed by atoms with van der Waals surface area (Å²) in [6, 6.07) is 12.3. The summed E-state index contributed by atoms with van der Waals surface area (Å²) in [6.45, 7) is 10.6. The molecule has 0 aliphatic carbocycles. The number of carbonyl (C=O) groups excluding carboxylic acids is 1. The standard InChI is InChI=1S/C34H38ClFN6O3S/c1-4-41-21-37-16-26(41)17-42-29-15-30(34(43)45-19-22(2)3)46-33(29)39-31(42)18-40-12-10-23(11-13-40)28-6-5-7-32(38-28)44-20-24-8-9-25(35)14-27(24)36/h5-9,14-16,21-23H,4,10-13,17-20H2,1-3H3. The van der Waals surface area contributed by atoms with Gasteiger partial charge >= 0.3 is 5.97 Å². The number of benzene rings is 1. The monoisotopic (exact) mass is 664 g/mol. The third-order valence-electron chi connectivity index (χ3n) is 8.24. The second-order valence-electron chi connectivity index (χ2n) is 12.1. The fourth-order valence-electron chi connectivity index (χ4n) is 5.72. The minimum Gasteiger partial charge on any atom is -0.473 e. The lowest BCUT2D eigenvalue weighted by Crippen LogP contribution is -2.33. The molecular formula is C34H38ClFN6O3S. The SMILES string of the molecule is CCn1cncc1Cn1c(CN2CCC(c3cccc(OCc4ccc(Cl)cc4F)n3)CC2)nc2sc(C(=O)OCC(C)C)cc21. The molecule has 0 N–H and O–H groups in total. The third kappa shape index (κ3) is 7.43. The number of likely N-dealkylation sites (tertiary alicyclic amines) is 1. The predicted molar refractivity (Wildman–Crippen MR) is 177 cm³/mol. The summed E-state index contributed by atoms with van der Waals surface area (Å²) in [4.78, 5) is 30.7. The van der Waals surface area contributed by atoms with E-state index in [9.17, 15) is 9.18 Å². The number of imidazole rings is 2. The quantitative estimate of drug-likeness (QED) is 0.129. The number of thiophene rings is 1. The molecule has 6 rings (SSSR count). The van der Waals surface area contributed by atoms with Crippen LogP contribution in [0.15, 0.2) is 55.0 Å². The van der Waals surface area contributed by atoms with Crippen LogP contribution in [0.2, 0.25) is 5.02 Å². The highest BCUT2D eigenvalue weighted by atomic mass is 35.5. The number of carbonyl (C=O) groups is 1. The van der Waals surface area contributed by atoms with Crippen molar-refractivity contribution in [1.29, 1.82) is 0 Å². The number of rotatable bonds is 12. The number of piperidine rings is 1. The number of hydrogen-bond acceptors (Lipinski definition) is 8. The summed E-state index contributed by atoms with van der Waals surface area (Å²) in [5.74, 6) is 1.33. The maximum Gasteiger partial charge on any atom is 0.348 e. The van der Waals surface area contributed by atoms with Gasteiger partial charge in [-0.25, -0.2) is 24.1 Å². The molecule has 1 aliphatic rings. The van der Waals surface area contributed by atoms with Gasteiger partial charge in [-0.2, -0.15) is 0 Å². The number of aryl methyl sites for hydroxylation is 1. The van der Waals surface area contributed by atoms with E-state index in [2.05, 4.69) is 25.9 Å². The number of nitrogens with zero attached hydrogens (tertiary/aromatic N) is 6. The van der Waals surface area contributed by atoms with Crippen molar-refractivity contribution in [3.8, 4) is 5.88 Å². The molecule has 9 nitrogen and oxygen atoms in total. The topological polar surface area (TPSA) is 87.3 Å². The average Bonchev–Trinajstić information content (AvgIpc) is 3.76. The van der Waals surface area contributed by atoms with Crippen LogP contribution >= 0.6 is 22.9 Å². The van der Waals surface area contributed by atoms with Gasteiger partial charge in [-0.15, -0.1) is 11.3 Å². The first-order valence-electron chi connectivity index (χ1n) is 15.7. The Kier molecular flexibility index (Phi) is 10.0. The number of ether oxygens (including phenoxy) is 2. The van der Waals surface area contributed by atoms with Gasteiger partial charge in [0.2, 0.25) is 5.88 Å². The molecule has 1 aromatic carbocycles. The van der Waals surface area contributed by atoms with E-state index in [1.165, 1.54) is 17.4 Å². The molecule has 46 heavy (non-hydrogen) atoms. The van der Waals surface area contributed by atoms with Gasteiger partial charge in [0.05, 0.1) is 37.2 Å². The molecular weight excluding hydrogens is 627 g/mol. The maximum atomic E-state index is 14.2. The number of pyridine rings is 1.